The second-order valence-corrected chi connectivity index (χ2v) is 7.19. The van der Waals surface area contributed by atoms with Crippen molar-refractivity contribution in [3.05, 3.63) is 29.8 Å². The molecule has 1 aliphatic carbocycles. The van der Waals surface area contributed by atoms with Crippen molar-refractivity contribution in [3.8, 4) is 0 Å². The van der Waals surface area contributed by atoms with Crippen LogP contribution in [0, 0.1) is 0 Å². The van der Waals surface area contributed by atoms with Crippen molar-refractivity contribution in [2.75, 3.05) is 6.54 Å². The molecular weight excluding hydrogens is 290 g/mol. The van der Waals surface area contributed by atoms with Crippen molar-refractivity contribution < 1.29 is 13.2 Å². The standard InChI is InChI=1S/C14H21N3O3S/c15-9-11-5-7-13(8-6-11)21(19,20)17(10-14(16)18)12-3-1-2-4-12/h5-8,12H,1-4,9-10,15H2,(H2,16,18). The Morgan fingerprint density at radius 2 is 1.76 bits per heavy atom. The SMILES string of the molecule is NCc1ccc(S(=O)(=O)N(CC(N)=O)C2CCCC2)cc1. The molecule has 21 heavy (non-hydrogen) atoms. The van der Waals surface area contributed by atoms with E-state index >= 15 is 0 Å². The Bertz CT molecular complexity index is 592. The minimum absolute atomic E-state index is 0.142. The summed E-state index contributed by atoms with van der Waals surface area (Å²) in [6.07, 6.45) is 3.49. The Morgan fingerprint density at radius 3 is 2.24 bits per heavy atom. The minimum Gasteiger partial charge on any atom is -0.369 e. The highest BCUT2D eigenvalue weighted by molar-refractivity contribution is 7.89. The Labute approximate surface area is 125 Å². The van der Waals surface area contributed by atoms with E-state index in [-0.39, 0.29) is 17.5 Å². The molecule has 1 fully saturated rings. The highest BCUT2D eigenvalue weighted by atomic mass is 32.2. The van der Waals surface area contributed by atoms with Crippen molar-refractivity contribution in [2.45, 2.75) is 43.2 Å². The molecule has 1 aliphatic rings. The fourth-order valence-corrected chi connectivity index (χ4v) is 4.34. The number of carbonyl (C=O) groups is 1. The van der Waals surface area contributed by atoms with Crippen molar-refractivity contribution in [1.82, 2.24) is 4.31 Å². The highest BCUT2D eigenvalue weighted by Gasteiger charge is 2.34. The fourth-order valence-electron chi connectivity index (χ4n) is 2.69. The van der Waals surface area contributed by atoms with Crippen LogP contribution in [0.25, 0.3) is 0 Å². The number of sulfonamides is 1. The molecule has 0 aromatic heterocycles. The van der Waals surface area contributed by atoms with E-state index in [0.717, 1.165) is 31.2 Å². The smallest absolute Gasteiger partial charge is 0.243 e. The lowest BCUT2D eigenvalue weighted by molar-refractivity contribution is -0.118. The van der Waals surface area contributed by atoms with Crippen molar-refractivity contribution >= 4 is 15.9 Å². The molecule has 116 valence electrons. The van der Waals surface area contributed by atoms with Gasteiger partial charge in [0, 0.05) is 12.6 Å². The second-order valence-electron chi connectivity index (χ2n) is 5.30. The Morgan fingerprint density at radius 1 is 1.19 bits per heavy atom. The van der Waals surface area contributed by atoms with Crippen molar-refractivity contribution in [2.24, 2.45) is 11.5 Å². The third-order valence-corrected chi connectivity index (χ3v) is 5.72. The zero-order valence-electron chi connectivity index (χ0n) is 11.9. The van der Waals surface area contributed by atoms with Gasteiger partial charge in [-0.15, -0.1) is 0 Å². The van der Waals surface area contributed by atoms with Gasteiger partial charge in [-0.3, -0.25) is 4.79 Å². The predicted molar refractivity (Wildman–Crippen MR) is 79.7 cm³/mol. The van der Waals surface area contributed by atoms with E-state index in [1.807, 2.05) is 0 Å². The zero-order valence-corrected chi connectivity index (χ0v) is 12.7. The number of benzene rings is 1. The topological polar surface area (TPSA) is 106 Å². The van der Waals surface area contributed by atoms with E-state index in [1.165, 1.54) is 16.4 Å². The maximum Gasteiger partial charge on any atom is 0.243 e. The van der Waals surface area contributed by atoms with Gasteiger partial charge < -0.3 is 11.5 Å². The van der Waals surface area contributed by atoms with E-state index in [2.05, 4.69) is 0 Å². The van der Waals surface area contributed by atoms with Gasteiger partial charge in [0.05, 0.1) is 11.4 Å². The summed E-state index contributed by atoms with van der Waals surface area (Å²) in [6.45, 7) is 0.0829. The van der Waals surface area contributed by atoms with Crippen LogP contribution in [-0.2, 0) is 21.4 Å². The predicted octanol–water partition coefficient (Wildman–Crippen LogP) is 0.564. The van der Waals surface area contributed by atoms with Crippen LogP contribution in [-0.4, -0.2) is 31.2 Å². The molecule has 0 saturated heterocycles. The van der Waals surface area contributed by atoms with Crippen LogP contribution in [0.2, 0.25) is 0 Å². The first-order valence-electron chi connectivity index (χ1n) is 7.04. The Hall–Kier alpha value is -1.44. The summed E-state index contributed by atoms with van der Waals surface area (Å²) in [7, 11) is -3.71. The summed E-state index contributed by atoms with van der Waals surface area (Å²) in [6, 6.07) is 6.28. The number of rotatable bonds is 6. The molecule has 7 heteroatoms. The number of nitrogens with two attached hydrogens (primary N) is 2. The number of carbonyl (C=O) groups excluding carboxylic acids is 1. The van der Waals surface area contributed by atoms with Gasteiger partial charge in [0.25, 0.3) is 0 Å². The first-order valence-corrected chi connectivity index (χ1v) is 8.48. The van der Waals surface area contributed by atoms with Crippen LogP contribution in [0.15, 0.2) is 29.2 Å². The number of primary amides is 1. The largest absolute Gasteiger partial charge is 0.369 e. The molecule has 0 unspecified atom stereocenters. The van der Waals surface area contributed by atoms with E-state index in [4.69, 9.17) is 11.5 Å². The van der Waals surface area contributed by atoms with Crippen LogP contribution in [0.4, 0.5) is 0 Å². The van der Waals surface area contributed by atoms with Gasteiger partial charge in [0.2, 0.25) is 15.9 Å². The first kappa shape index (κ1) is 15.9. The molecule has 0 aliphatic heterocycles. The maximum absolute atomic E-state index is 12.7. The molecule has 4 N–H and O–H groups in total. The normalized spacial score (nSPS) is 16.5. The van der Waals surface area contributed by atoms with Gasteiger partial charge in [0.15, 0.2) is 0 Å². The van der Waals surface area contributed by atoms with Crippen LogP contribution >= 0.6 is 0 Å². The van der Waals surface area contributed by atoms with Crippen LogP contribution in [0.5, 0.6) is 0 Å². The lowest BCUT2D eigenvalue weighted by atomic mass is 10.2. The first-order chi connectivity index (χ1) is 9.95. The molecule has 1 saturated carbocycles. The van der Waals surface area contributed by atoms with Gasteiger partial charge >= 0.3 is 0 Å². The lowest BCUT2D eigenvalue weighted by Crippen LogP contribution is -2.44. The molecule has 1 amide bonds. The monoisotopic (exact) mass is 311 g/mol. The second kappa shape index (κ2) is 6.55. The number of nitrogens with zero attached hydrogens (tertiary/aromatic N) is 1. The number of hydrogen-bond donors (Lipinski definition) is 2. The van der Waals surface area contributed by atoms with E-state index in [9.17, 15) is 13.2 Å². The summed E-state index contributed by atoms with van der Waals surface area (Å²) >= 11 is 0. The molecule has 6 nitrogen and oxygen atoms in total. The number of amides is 1. The molecule has 2 rings (SSSR count). The third kappa shape index (κ3) is 3.61. The highest BCUT2D eigenvalue weighted by Crippen LogP contribution is 2.28. The quantitative estimate of drug-likeness (QED) is 0.800. The van der Waals surface area contributed by atoms with Gasteiger partial charge in [-0.25, -0.2) is 8.42 Å². The van der Waals surface area contributed by atoms with Crippen LogP contribution in [0.1, 0.15) is 31.2 Å². The molecule has 0 atom stereocenters. The van der Waals surface area contributed by atoms with Crippen molar-refractivity contribution in [1.29, 1.82) is 0 Å². The summed E-state index contributed by atoms with van der Waals surface area (Å²) in [5, 5.41) is 0. The Kier molecular flexibility index (Phi) is 4.97. The molecule has 0 heterocycles. The van der Waals surface area contributed by atoms with E-state index in [1.54, 1.807) is 12.1 Å². The molecule has 1 aromatic carbocycles. The fraction of sp³-hybridized carbons (Fsp3) is 0.500. The summed E-state index contributed by atoms with van der Waals surface area (Å²) in [5.41, 5.74) is 11.6. The molecule has 0 radical (unpaired) electrons. The Balaban J connectivity index is 2.32. The lowest BCUT2D eigenvalue weighted by Gasteiger charge is -2.26. The molecule has 0 bridgehead atoms. The van der Waals surface area contributed by atoms with E-state index < -0.39 is 15.9 Å². The van der Waals surface area contributed by atoms with Gasteiger partial charge in [0.1, 0.15) is 0 Å². The van der Waals surface area contributed by atoms with Crippen molar-refractivity contribution in [3.63, 3.8) is 0 Å². The minimum atomic E-state index is -3.71. The van der Waals surface area contributed by atoms with Gasteiger partial charge in [-0.05, 0) is 30.5 Å². The summed E-state index contributed by atoms with van der Waals surface area (Å²) in [4.78, 5) is 11.4. The van der Waals surface area contributed by atoms with E-state index in [0.29, 0.717) is 6.54 Å². The average Bonchev–Trinajstić information content (AvgIpc) is 2.98. The average molecular weight is 311 g/mol. The van der Waals surface area contributed by atoms with Crippen LogP contribution < -0.4 is 11.5 Å². The molecule has 0 spiro atoms. The van der Waals surface area contributed by atoms with Gasteiger partial charge in [-0.2, -0.15) is 4.31 Å². The summed E-state index contributed by atoms with van der Waals surface area (Å²) in [5.74, 6) is -0.635. The zero-order chi connectivity index (χ0) is 15.5. The molecular formula is C14H21N3O3S. The maximum atomic E-state index is 12.7. The summed E-state index contributed by atoms with van der Waals surface area (Å²) < 4.78 is 26.7. The molecule has 1 aromatic rings. The van der Waals surface area contributed by atoms with Gasteiger partial charge in [-0.1, -0.05) is 25.0 Å². The number of hydrogen-bond acceptors (Lipinski definition) is 4. The third-order valence-electron chi connectivity index (χ3n) is 3.81. The van der Waals surface area contributed by atoms with Crippen LogP contribution in [0.3, 0.4) is 0 Å².